The number of benzene rings is 1. The van der Waals surface area contributed by atoms with E-state index in [1.54, 1.807) is 6.07 Å². The van der Waals surface area contributed by atoms with E-state index in [2.05, 4.69) is 0 Å². The Hall–Kier alpha value is -0.990. The molecule has 0 unspecified atom stereocenters. The minimum absolute atomic E-state index is 0.646. The fraction of sp³-hybridized carbons (Fsp3) is 0.308. The van der Waals surface area contributed by atoms with E-state index >= 15 is 0 Å². The molecule has 0 heterocycles. The Morgan fingerprint density at radius 2 is 1.88 bits per heavy atom. The second-order valence-corrected chi connectivity index (χ2v) is 5.11. The van der Waals surface area contributed by atoms with E-state index in [9.17, 15) is 0 Å². The second-order valence-electron chi connectivity index (χ2n) is 4.26. The van der Waals surface area contributed by atoms with Gasteiger partial charge in [0, 0.05) is 30.9 Å². The molecule has 4 heteroatoms. The summed E-state index contributed by atoms with van der Waals surface area (Å²) in [7, 11) is 7.92. The molecule has 0 aliphatic heterocycles. The fourth-order valence-corrected chi connectivity index (χ4v) is 1.97. The van der Waals surface area contributed by atoms with Crippen LogP contribution in [-0.2, 0) is 0 Å². The number of allylic oxidation sites excluding steroid dienone is 1. The minimum atomic E-state index is 0.646. The lowest BCUT2D eigenvalue weighted by Crippen LogP contribution is -2.07. The molecule has 0 saturated heterocycles. The SMILES string of the molecule is CN(C)/C=C(\C=[N+](C)C)c1ccc(Cl)cc1Cl. The smallest absolute Gasteiger partial charge is 0.172 e. The summed E-state index contributed by atoms with van der Waals surface area (Å²) in [6.07, 6.45) is 4.05. The highest BCUT2D eigenvalue weighted by molar-refractivity contribution is 6.36. The van der Waals surface area contributed by atoms with Crippen LogP contribution in [-0.4, -0.2) is 43.9 Å². The number of hydrogen-bond acceptors (Lipinski definition) is 1. The van der Waals surface area contributed by atoms with Crippen LogP contribution in [0.15, 0.2) is 24.4 Å². The Bertz CT molecular complexity index is 458. The molecule has 0 atom stereocenters. The summed E-state index contributed by atoms with van der Waals surface area (Å²) >= 11 is 12.1. The molecule has 0 amide bonds. The normalized spacial score (nSPS) is 11.3. The summed E-state index contributed by atoms with van der Waals surface area (Å²) in [6.45, 7) is 0. The molecule has 0 aromatic heterocycles. The van der Waals surface area contributed by atoms with E-state index in [-0.39, 0.29) is 0 Å². The van der Waals surface area contributed by atoms with Gasteiger partial charge in [0.25, 0.3) is 0 Å². The van der Waals surface area contributed by atoms with Crippen molar-refractivity contribution < 1.29 is 4.58 Å². The predicted octanol–water partition coefficient (Wildman–Crippen LogP) is 3.24. The average Bonchev–Trinajstić information content (AvgIpc) is 2.14. The lowest BCUT2D eigenvalue weighted by Gasteiger charge is -2.09. The summed E-state index contributed by atoms with van der Waals surface area (Å²) in [5.41, 5.74) is 2.01. The molecule has 1 aromatic carbocycles. The molecule has 17 heavy (non-hydrogen) atoms. The molecule has 0 spiro atoms. The van der Waals surface area contributed by atoms with Crippen LogP contribution in [0.4, 0.5) is 0 Å². The molecule has 2 nitrogen and oxygen atoms in total. The summed E-state index contributed by atoms with van der Waals surface area (Å²) in [4.78, 5) is 1.99. The van der Waals surface area contributed by atoms with Crippen molar-refractivity contribution in [2.45, 2.75) is 0 Å². The van der Waals surface area contributed by atoms with Crippen molar-refractivity contribution in [1.29, 1.82) is 0 Å². The van der Waals surface area contributed by atoms with E-state index in [1.807, 2.05) is 62.2 Å². The third-order valence-corrected chi connectivity index (χ3v) is 2.58. The van der Waals surface area contributed by atoms with Crippen LogP contribution >= 0.6 is 23.2 Å². The van der Waals surface area contributed by atoms with Crippen LogP contribution in [0.3, 0.4) is 0 Å². The first-order valence-electron chi connectivity index (χ1n) is 5.25. The van der Waals surface area contributed by atoms with Crippen LogP contribution in [0.1, 0.15) is 5.56 Å². The highest BCUT2D eigenvalue weighted by Gasteiger charge is 2.08. The van der Waals surface area contributed by atoms with Crippen LogP contribution in [0.25, 0.3) is 5.57 Å². The third kappa shape index (κ3) is 4.41. The monoisotopic (exact) mass is 271 g/mol. The van der Waals surface area contributed by atoms with Crippen LogP contribution in [0.2, 0.25) is 10.0 Å². The Morgan fingerprint density at radius 1 is 1.24 bits per heavy atom. The predicted molar refractivity (Wildman–Crippen MR) is 76.3 cm³/mol. The van der Waals surface area contributed by atoms with E-state index < -0.39 is 0 Å². The zero-order valence-electron chi connectivity index (χ0n) is 10.5. The molecule has 1 rings (SSSR count). The van der Waals surface area contributed by atoms with Crippen molar-refractivity contribution in [3.63, 3.8) is 0 Å². The van der Waals surface area contributed by atoms with Gasteiger partial charge in [-0.2, -0.15) is 0 Å². The molecule has 0 fully saturated rings. The van der Waals surface area contributed by atoms with Gasteiger partial charge in [-0.25, -0.2) is 4.58 Å². The molecule has 0 aliphatic carbocycles. The lowest BCUT2D eigenvalue weighted by atomic mass is 10.1. The van der Waals surface area contributed by atoms with Gasteiger partial charge in [0.05, 0.1) is 10.6 Å². The first kappa shape index (κ1) is 14.1. The lowest BCUT2D eigenvalue weighted by molar-refractivity contribution is -0.458. The average molecular weight is 272 g/mol. The number of hydrogen-bond donors (Lipinski definition) is 0. The quantitative estimate of drug-likeness (QED) is 0.604. The van der Waals surface area contributed by atoms with Crippen LogP contribution in [0, 0.1) is 0 Å². The zero-order chi connectivity index (χ0) is 13.0. The summed E-state index contributed by atoms with van der Waals surface area (Å²) < 4.78 is 1.99. The van der Waals surface area contributed by atoms with Crippen LogP contribution < -0.4 is 0 Å². The number of nitrogens with zero attached hydrogens (tertiary/aromatic N) is 2. The van der Waals surface area contributed by atoms with Gasteiger partial charge in [-0.05, 0) is 12.1 Å². The summed E-state index contributed by atoms with van der Waals surface area (Å²) in [5, 5.41) is 1.30. The molecule has 92 valence electrons. The third-order valence-electron chi connectivity index (χ3n) is 2.04. The maximum atomic E-state index is 6.21. The van der Waals surface area contributed by atoms with Gasteiger partial charge in [0.15, 0.2) is 6.21 Å². The topological polar surface area (TPSA) is 6.25 Å². The highest BCUT2D eigenvalue weighted by atomic mass is 35.5. The van der Waals surface area contributed by atoms with E-state index in [0.29, 0.717) is 10.0 Å². The van der Waals surface area contributed by atoms with Gasteiger partial charge >= 0.3 is 0 Å². The van der Waals surface area contributed by atoms with Crippen molar-refractivity contribution in [1.82, 2.24) is 4.90 Å². The summed E-state index contributed by atoms with van der Waals surface area (Å²) in [6, 6.07) is 5.53. The van der Waals surface area contributed by atoms with Gasteiger partial charge in [-0.1, -0.05) is 29.3 Å². The molecular formula is C13H17Cl2N2+. The van der Waals surface area contributed by atoms with Gasteiger partial charge in [-0.15, -0.1) is 0 Å². The standard InChI is InChI=1S/C13H17Cl2N2/c1-16(2)8-10(9-17(3)4)12-6-5-11(14)7-13(12)15/h5-9H,1-4H3/q+1. The van der Waals surface area contributed by atoms with Crippen LogP contribution in [0.5, 0.6) is 0 Å². The first-order chi connectivity index (χ1) is 7.90. The largest absolute Gasteiger partial charge is 0.383 e. The van der Waals surface area contributed by atoms with E-state index in [4.69, 9.17) is 23.2 Å². The molecule has 0 N–H and O–H groups in total. The van der Waals surface area contributed by atoms with Crippen molar-refractivity contribution in [3.8, 4) is 0 Å². The highest BCUT2D eigenvalue weighted by Crippen LogP contribution is 2.26. The number of rotatable bonds is 3. The molecule has 0 aliphatic rings. The maximum Gasteiger partial charge on any atom is 0.172 e. The van der Waals surface area contributed by atoms with Gasteiger partial charge in [-0.3, -0.25) is 0 Å². The second kappa shape index (κ2) is 6.08. The molecule has 1 aromatic rings. The molecule has 0 bridgehead atoms. The van der Waals surface area contributed by atoms with Crippen molar-refractivity contribution >= 4 is 35.0 Å². The Kier molecular flexibility index (Phi) is 5.03. The molecular weight excluding hydrogens is 255 g/mol. The summed E-state index contributed by atoms with van der Waals surface area (Å²) in [5.74, 6) is 0. The Morgan fingerprint density at radius 3 is 2.35 bits per heavy atom. The number of halogens is 2. The van der Waals surface area contributed by atoms with E-state index in [1.165, 1.54) is 0 Å². The first-order valence-corrected chi connectivity index (χ1v) is 6.00. The minimum Gasteiger partial charge on any atom is -0.383 e. The maximum absolute atomic E-state index is 6.21. The van der Waals surface area contributed by atoms with Gasteiger partial charge in [0.2, 0.25) is 0 Å². The van der Waals surface area contributed by atoms with Crippen molar-refractivity contribution in [2.24, 2.45) is 0 Å². The molecule has 0 radical (unpaired) electrons. The van der Waals surface area contributed by atoms with Crippen molar-refractivity contribution in [2.75, 3.05) is 28.2 Å². The van der Waals surface area contributed by atoms with Gasteiger partial charge < -0.3 is 4.90 Å². The Balaban J connectivity index is 3.28. The van der Waals surface area contributed by atoms with Gasteiger partial charge in [0.1, 0.15) is 14.1 Å². The zero-order valence-corrected chi connectivity index (χ0v) is 12.0. The Labute approximate surface area is 113 Å². The fourth-order valence-electron chi connectivity index (χ4n) is 1.45. The van der Waals surface area contributed by atoms with Crippen molar-refractivity contribution in [3.05, 3.63) is 40.0 Å². The molecule has 0 saturated carbocycles. The van der Waals surface area contributed by atoms with E-state index in [0.717, 1.165) is 11.1 Å².